The molecule has 0 unspecified atom stereocenters. The second kappa shape index (κ2) is 10.1. The zero-order valence-corrected chi connectivity index (χ0v) is 20.1. The Bertz CT molecular complexity index is 1750. The third-order valence-electron chi connectivity index (χ3n) is 6.22. The summed E-state index contributed by atoms with van der Waals surface area (Å²) in [5.41, 5.74) is -2.38. The highest BCUT2D eigenvalue weighted by Crippen LogP contribution is 2.30. The highest BCUT2D eigenvalue weighted by atomic mass is 19.3. The number of methoxy groups -OCH3 is 1. The molecule has 1 saturated heterocycles. The molecule has 1 aliphatic heterocycles. The first kappa shape index (κ1) is 25.7. The van der Waals surface area contributed by atoms with Crippen LogP contribution in [0.4, 0.5) is 23.4 Å². The molecule has 0 spiro atoms. The van der Waals surface area contributed by atoms with Crippen LogP contribution in [0.15, 0.2) is 52.3 Å². The third-order valence-corrected chi connectivity index (χ3v) is 6.22. The van der Waals surface area contributed by atoms with E-state index in [0.29, 0.717) is 29.9 Å². The van der Waals surface area contributed by atoms with Gasteiger partial charge in [0, 0.05) is 31.3 Å². The number of nitriles is 1. The Balaban J connectivity index is 1.85. The van der Waals surface area contributed by atoms with Crippen LogP contribution in [0, 0.1) is 28.9 Å². The van der Waals surface area contributed by atoms with Gasteiger partial charge < -0.3 is 14.4 Å². The van der Waals surface area contributed by atoms with Gasteiger partial charge in [0.1, 0.15) is 17.0 Å². The van der Waals surface area contributed by atoms with Crippen LogP contribution >= 0.6 is 0 Å². The van der Waals surface area contributed by atoms with E-state index in [4.69, 9.17) is 4.74 Å². The van der Waals surface area contributed by atoms with Crippen LogP contribution in [-0.4, -0.2) is 45.9 Å². The summed E-state index contributed by atoms with van der Waals surface area (Å²) in [6, 6.07) is 7.33. The summed E-state index contributed by atoms with van der Waals surface area (Å²) < 4.78 is 65.0. The molecule has 200 valence electrons. The summed E-state index contributed by atoms with van der Waals surface area (Å²) >= 11 is 0. The number of rotatable bonds is 6. The van der Waals surface area contributed by atoms with Gasteiger partial charge in [0.05, 0.1) is 48.4 Å². The SMILES string of the molecule is COc1nc(N2CC[C@@H](C#N)C2)cc2c1c(=O)n(-c1cncc(OC(F)F)c1)c(=O)n2-c1ccc(F)c(F)c1. The van der Waals surface area contributed by atoms with E-state index in [-0.39, 0.29) is 34.1 Å². The number of hydrogen-bond donors (Lipinski definition) is 0. The molecule has 1 fully saturated rings. The smallest absolute Gasteiger partial charge is 0.387 e. The van der Waals surface area contributed by atoms with Gasteiger partial charge in [0.2, 0.25) is 5.88 Å². The maximum atomic E-state index is 14.3. The van der Waals surface area contributed by atoms with E-state index in [1.54, 1.807) is 4.90 Å². The van der Waals surface area contributed by atoms with Crippen molar-refractivity contribution in [2.75, 3.05) is 25.1 Å². The molecule has 0 aliphatic carbocycles. The van der Waals surface area contributed by atoms with Crippen molar-refractivity contribution in [3.8, 4) is 29.1 Å². The Hall–Kier alpha value is -4.93. The fourth-order valence-corrected chi connectivity index (χ4v) is 4.46. The van der Waals surface area contributed by atoms with Crippen molar-refractivity contribution in [2.24, 2.45) is 5.92 Å². The van der Waals surface area contributed by atoms with Crippen molar-refractivity contribution in [3.63, 3.8) is 0 Å². The van der Waals surface area contributed by atoms with Crippen LogP contribution in [0.1, 0.15) is 6.42 Å². The first-order valence-corrected chi connectivity index (χ1v) is 11.5. The van der Waals surface area contributed by atoms with Crippen LogP contribution in [0.2, 0.25) is 0 Å². The topological polar surface area (TPSA) is 115 Å². The summed E-state index contributed by atoms with van der Waals surface area (Å²) in [5, 5.41) is 9.08. The second-order valence-electron chi connectivity index (χ2n) is 8.56. The lowest BCUT2D eigenvalue weighted by atomic mass is 10.1. The summed E-state index contributed by atoms with van der Waals surface area (Å²) in [5.74, 6) is -2.99. The fourth-order valence-electron chi connectivity index (χ4n) is 4.46. The zero-order valence-electron chi connectivity index (χ0n) is 20.1. The molecular weight excluding hydrogens is 524 g/mol. The van der Waals surface area contributed by atoms with Crippen LogP contribution in [0.25, 0.3) is 22.3 Å². The Kier molecular flexibility index (Phi) is 6.65. The number of hydrogen-bond acceptors (Lipinski definition) is 8. The Morgan fingerprint density at radius 2 is 1.87 bits per heavy atom. The molecule has 0 N–H and O–H groups in total. The number of nitrogens with zero attached hydrogens (tertiary/aromatic N) is 6. The van der Waals surface area contributed by atoms with E-state index in [1.807, 2.05) is 0 Å². The normalized spacial score (nSPS) is 15.1. The lowest BCUT2D eigenvalue weighted by Gasteiger charge is -2.21. The van der Waals surface area contributed by atoms with E-state index in [1.165, 1.54) is 13.2 Å². The molecule has 4 aromatic rings. The quantitative estimate of drug-likeness (QED) is 0.342. The molecule has 1 aromatic carbocycles. The van der Waals surface area contributed by atoms with Crippen molar-refractivity contribution in [1.29, 1.82) is 5.26 Å². The lowest BCUT2D eigenvalue weighted by molar-refractivity contribution is -0.0500. The molecule has 14 heteroatoms. The summed E-state index contributed by atoms with van der Waals surface area (Å²) in [7, 11) is 1.25. The average Bonchev–Trinajstić information content (AvgIpc) is 3.39. The molecule has 0 amide bonds. The molecule has 39 heavy (non-hydrogen) atoms. The van der Waals surface area contributed by atoms with E-state index in [2.05, 4.69) is 20.8 Å². The fraction of sp³-hybridized carbons (Fsp3) is 0.240. The van der Waals surface area contributed by atoms with Gasteiger partial charge in [0.15, 0.2) is 11.6 Å². The lowest BCUT2D eigenvalue weighted by Crippen LogP contribution is -2.39. The standard InChI is InChI=1S/C25H18F4N6O4/c1-38-22-21-19(8-20(32-22)33-5-4-13(9-30)12-33)34(14-2-3-17(26)18(27)7-14)25(37)35(23(21)36)15-6-16(11-31-10-15)39-24(28)29/h2-3,6-8,10-11,13,24H,4-5,12H2,1H3/t13-/m0/s1. The van der Waals surface area contributed by atoms with Crippen LogP contribution in [0.3, 0.4) is 0 Å². The molecule has 10 nitrogen and oxygen atoms in total. The molecule has 4 heterocycles. The average molecular weight is 542 g/mol. The molecule has 5 rings (SSSR count). The van der Waals surface area contributed by atoms with Gasteiger partial charge in [0.25, 0.3) is 5.56 Å². The first-order chi connectivity index (χ1) is 18.7. The van der Waals surface area contributed by atoms with Gasteiger partial charge in [-0.15, -0.1) is 0 Å². The first-order valence-electron chi connectivity index (χ1n) is 11.5. The predicted molar refractivity (Wildman–Crippen MR) is 130 cm³/mol. The molecule has 0 saturated carbocycles. The molecule has 3 aromatic heterocycles. The highest BCUT2D eigenvalue weighted by molar-refractivity contribution is 5.87. The van der Waals surface area contributed by atoms with Crippen molar-refractivity contribution in [1.82, 2.24) is 19.1 Å². The second-order valence-corrected chi connectivity index (χ2v) is 8.56. The van der Waals surface area contributed by atoms with Gasteiger partial charge in [-0.3, -0.25) is 14.3 Å². The maximum Gasteiger partial charge on any atom is 0.387 e. The number of benzene rings is 1. The number of anilines is 1. The van der Waals surface area contributed by atoms with Gasteiger partial charge >= 0.3 is 12.3 Å². The van der Waals surface area contributed by atoms with E-state index in [0.717, 1.165) is 41.2 Å². The van der Waals surface area contributed by atoms with Crippen LogP contribution < -0.4 is 25.6 Å². The van der Waals surface area contributed by atoms with Crippen molar-refractivity contribution >= 4 is 16.7 Å². The minimum Gasteiger partial charge on any atom is -0.480 e. The number of fused-ring (bicyclic) bond motifs is 1. The third kappa shape index (κ3) is 4.63. The highest BCUT2D eigenvalue weighted by Gasteiger charge is 2.27. The Morgan fingerprint density at radius 3 is 2.54 bits per heavy atom. The van der Waals surface area contributed by atoms with Crippen LogP contribution in [-0.2, 0) is 0 Å². The number of aromatic nitrogens is 4. The summed E-state index contributed by atoms with van der Waals surface area (Å²) in [4.78, 5) is 37.5. The van der Waals surface area contributed by atoms with Crippen molar-refractivity contribution in [3.05, 3.63) is 75.2 Å². The molecule has 0 bridgehead atoms. The molecule has 1 atom stereocenters. The van der Waals surface area contributed by atoms with E-state index in [9.17, 15) is 32.4 Å². The Labute approximate surface area is 216 Å². The van der Waals surface area contributed by atoms with Gasteiger partial charge in [-0.2, -0.15) is 19.0 Å². The molecular formula is C25H18F4N6O4. The van der Waals surface area contributed by atoms with E-state index >= 15 is 0 Å². The van der Waals surface area contributed by atoms with Gasteiger partial charge in [-0.1, -0.05) is 0 Å². The monoisotopic (exact) mass is 542 g/mol. The van der Waals surface area contributed by atoms with Crippen LogP contribution in [0.5, 0.6) is 11.6 Å². The number of halogens is 4. The minimum absolute atomic E-state index is 0.0394. The number of alkyl halides is 2. The molecule has 1 aliphatic rings. The van der Waals surface area contributed by atoms with Crippen molar-refractivity contribution in [2.45, 2.75) is 13.0 Å². The number of ether oxygens (including phenoxy) is 2. The molecule has 0 radical (unpaired) electrons. The maximum absolute atomic E-state index is 14.3. The van der Waals surface area contributed by atoms with Gasteiger partial charge in [-0.05, 0) is 18.6 Å². The minimum atomic E-state index is -3.19. The van der Waals surface area contributed by atoms with Crippen molar-refractivity contribution < 1.29 is 27.0 Å². The number of pyridine rings is 2. The van der Waals surface area contributed by atoms with E-state index < -0.39 is 35.2 Å². The van der Waals surface area contributed by atoms with Gasteiger partial charge in [-0.25, -0.2) is 18.1 Å². The Morgan fingerprint density at radius 1 is 1.08 bits per heavy atom. The largest absolute Gasteiger partial charge is 0.480 e. The summed E-state index contributed by atoms with van der Waals surface area (Å²) in [6.45, 7) is -2.38. The summed E-state index contributed by atoms with van der Waals surface area (Å²) in [6.07, 6.45) is 2.61. The zero-order chi connectivity index (χ0) is 27.8. The predicted octanol–water partition coefficient (Wildman–Crippen LogP) is 3.17.